The second kappa shape index (κ2) is 5.81. The lowest BCUT2D eigenvalue weighted by atomic mass is 10.1. The van der Waals surface area contributed by atoms with Gasteiger partial charge in [0.05, 0.1) is 23.1 Å². The van der Waals surface area contributed by atoms with Gasteiger partial charge in [0.25, 0.3) is 5.69 Å². The first-order valence-electron chi connectivity index (χ1n) is 6.92. The average molecular weight is 307 g/mol. The predicted octanol–water partition coefficient (Wildman–Crippen LogP) is 3.48. The van der Waals surface area contributed by atoms with E-state index in [0.717, 1.165) is 16.8 Å². The van der Waals surface area contributed by atoms with Crippen molar-refractivity contribution in [1.29, 1.82) is 5.26 Å². The zero-order valence-electron chi connectivity index (χ0n) is 12.4. The van der Waals surface area contributed by atoms with Crippen molar-refractivity contribution in [3.05, 3.63) is 69.9 Å². The number of non-ortho nitro benzene ring substituents is 1. The van der Waals surface area contributed by atoms with Crippen LogP contribution in [0.5, 0.6) is 5.75 Å². The monoisotopic (exact) mass is 307 g/mol. The third kappa shape index (κ3) is 2.72. The Morgan fingerprint density at radius 1 is 1.26 bits per heavy atom. The summed E-state index contributed by atoms with van der Waals surface area (Å²) in [6.45, 7) is 0.569. The van der Waals surface area contributed by atoms with Crippen molar-refractivity contribution in [3.8, 4) is 11.8 Å². The second-order valence-electron chi connectivity index (χ2n) is 5.09. The van der Waals surface area contributed by atoms with Crippen LogP contribution in [0.15, 0.2) is 48.7 Å². The fraction of sp³-hybridized carbons (Fsp3) is 0.118. The van der Waals surface area contributed by atoms with E-state index in [0.29, 0.717) is 17.5 Å². The molecule has 0 saturated heterocycles. The summed E-state index contributed by atoms with van der Waals surface area (Å²) in [7, 11) is 1.61. The minimum atomic E-state index is -0.457. The van der Waals surface area contributed by atoms with Gasteiger partial charge in [0.1, 0.15) is 11.8 Å². The first-order valence-corrected chi connectivity index (χ1v) is 6.92. The molecule has 0 aliphatic heterocycles. The minimum absolute atomic E-state index is 0.0174. The van der Waals surface area contributed by atoms with E-state index in [-0.39, 0.29) is 5.69 Å². The van der Waals surface area contributed by atoms with Crippen LogP contribution in [-0.4, -0.2) is 16.6 Å². The van der Waals surface area contributed by atoms with Crippen LogP contribution in [0.2, 0.25) is 0 Å². The van der Waals surface area contributed by atoms with Crippen molar-refractivity contribution in [2.45, 2.75) is 6.54 Å². The van der Waals surface area contributed by atoms with Crippen LogP contribution in [0, 0.1) is 21.4 Å². The summed E-state index contributed by atoms with van der Waals surface area (Å²) >= 11 is 0. The molecule has 0 aliphatic carbocycles. The highest BCUT2D eigenvalue weighted by molar-refractivity contribution is 5.88. The molecule has 6 heteroatoms. The molecule has 0 amide bonds. The molecule has 3 aromatic rings. The van der Waals surface area contributed by atoms with Gasteiger partial charge in [-0.3, -0.25) is 10.1 Å². The Hall–Kier alpha value is -3.33. The molecule has 2 aromatic carbocycles. The van der Waals surface area contributed by atoms with Gasteiger partial charge in [-0.15, -0.1) is 0 Å². The summed E-state index contributed by atoms with van der Waals surface area (Å²) < 4.78 is 7.05. The molecule has 1 aromatic heterocycles. The van der Waals surface area contributed by atoms with Gasteiger partial charge >= 0.3 is 0 Å². The SMILES string of the molecule is COc1ccc(Cn2cc(C#N)c3cc([N+](=O)[O-])ccc32)cc1. The number of nitro groups is 1. The van der Waals surface area contributed by atoms with Gasteiger partial charge < -0.3 is 9.30 Å². The molecule has 0 bridgehead atoms. The number of fused-ring (bicyclic) bond motifs is 1. The zero-order chi connectivity index (χ0) is 16.4. The summed E-state index contributed by atoms with van der Waals surface area (Å²) in [5, 5.41) is 20.8. The highest BCUT2D eigenvalue weighted by Crippen LogP contribution is 2.26. The van der Waals surface area contributed by atoms with E-state index in [1.807, 2.05) is 28.8 Å². The summed E-state index contributed by atoms with van der Waals surface area (Å²) in [4.78, 5) is 10.4. The lowest BCUT2D eigenvalue weighted by Crippen LogP contribution is -1.98. The number of rotatable bonds is 4. The average Bonchev–Trinajstić information content (AvgIpc) is 2.92. The molecule has 0 fully saturated rings. The molecule has 0 radical (unpaired) electrons. The second-order valence-corrected chi connectivity index (χ2v) is 5.09. The van der Waals surface area contributed by atoms with Crippen LogP contribution in [0.3, 0.4) is 0 Å². The molecule has 0 saturated carbocycles. The fourth-order valence-electron chi connectivity index (χ4n) is 2.55. The molecule has 1 heterocycles. The Labute approximate surface area is 132 Å². The Bertz CT molecular complexity index is 921. The number of nitrogens with zero attached hydrogens (tertiary/aromatic N) is 3. The number of benzene rings is 2. The van der Waals surface area contributed by atoms with Crippen LogP contribution >= 0.6 is 0 Å². The van der Waals surface area contributed by atoms with Crippen LogP contribution in [0.4, 0.5) is 5.69 Å². The lowest BCUT2D eigenvalue weighted by Gasteiger charge is -2.06. The van der Waals surface area contributed by atoms with E-state index >= 15 is 0 Å². The zero-order valence-corrected chi connectivity index (χ0v) is 12.4. The lowest BCUT2D eigenvalue weighted by molar-refractivity contribution is -0.384. The van der Waals surface area contributed by atoms with Gasteiger partial charge in [-0.1, -0.05) is 12.1 Å². The van der Waals surface area contributed by atoms with E-state index < -0.39 is 4.92 Å². The Kier molecular flexibility index (Phi) is 3.69. The highest BCUT2D eigenvalue weighted by atomic mass is 16.6. The molecular formula is C17H13N3O3. The number of aromatic nitrogens is 1. The van der Waals surface area contributed by atoms with E-state index in [9.17, 15) is 15.4 Å². The van der Waals surface area contributed by atoms with Gasteiger partial charge in [0.2, 0.25) is 0 Å². The van der Waals surface area contributed by atoms with Crippen molar-refractivity contribution >= 4 is 16.6 Å². The maximum absolute atomic E-state index is 10.9. The van der Waals surface area contributed by atoms with Gasteiger partial charge in [0.15, 0.2) is 0 Å². The normalized spacial score (nSPS) is 10.4. The number of hydrogen-bond donors (Lipinski definition) is 0. The molecule has 0 spiro atoms. The summed E-state index contributed by atoms with van der Waals surface area (Å²) in [5.74, 6) is 0.777. The third-order valence-electron chi connectivity index (χ3n) is 3.71. The van der Waals surface area contributed by atoms with E-state index in [1.54, 1.807) is 19.4 Å². The Morgan fingerprint density at radius 2 is 2.00 bits per heavy atom. The molecular weight excluding hydrogens is 294 g/mol. The molecule has 23 heavy (non-hydrogen) atoms. The maximum Gasteiger partial charge on any atom is 0.270 e. The highest BCUT2D eigenvalue weighted by Gasteiger charge is 2.13. The van der Waals surface area contributed by atoms with Crippen LogP contribution in [0.25, 0.3) is 10.9 Å². The molecule has 0 unspecified atom stereocenters. The van der Waals surface area contributed by atoms with Crippen LogP contribution in [0.1, 0.15) is 11.1 Å². The third-order valence-corrected chi connectivity index (χ3v) is 3.71. The first-order chi connectivity index (χ1) is 11.1. The minimum Gasteiger partial charge on any atom is -0.497 e. The van der Waals surface area contributed by atoms with E-state index in [2.05, 4.69) is 6.07 Å². The van der Waals surface area contributed by atoms with Crippen molar-refractivity contribution in [2.24, 2.45) is 0 Å². The Balaban J connectivity index is 2.03. The summed E-state index contributed by atoms with van der Waals surface area (Å²) in [6, 6.07) is 14.3. The fourth-order valence-corrected chi connectivity index (χ4v) is 2.55. The molecule has 0 atom stereocenters. The smallest absolute Gasteiger partial charge is 0.270 e. The van der Waals surface area contributed by atoms with Crippen molar-refractivity contribution in [3.63, 3.8) is 0 Å². The first kappa shape index (κ1) is 14.6. The summed E-state index contributed by atoms with van der Waals surface area (Å²) in [5.41, 5.74) is 2.25. The van der Waals surface area contributed by atoms with E-state index in [1.165, 1.54) is 12.1 Å². The quantitative estimate of drug-likeness (QED) is 0.546. The number of methoxy groups -OCH3 is 1. The van der Waals surface area contributed by atoms with Crippen molar-refractivity contribution in [2.75, 3.05) is 7.11 Å². The topological polar surface area (TPSA) is 81.1 Å². The van der Waals surface area contributed by atoms with E-state index in [4.69, 9.17) is 4.74 Å². The van der Waals surface area contributed by atoms with Crippen molar-refractivity contribution < 1.29 is 9.66 Å². The maximum atomic E-state index is 10.9. The van der Waals surface area contributed by atoms with Crippen LogP contribution in [-0.2, 0) is 6.54 Å². The predicted molar refractivity (Wildman–Crippen MR) is 85.4 cm³/mol. The molecule has 114 valence electrons. The molecule has 6 nitrogen and oxygen atoms in total. The molecule has 0 N–H and O–H groups in total. The number of nitro benzene ring substituents is 1. The van der Waals surface area contributed by atoms with Gasteiger partial charge in [-0.25, -0.2) is 0 Å². The van der Waals surface area contributed by atoms with Gasteiger partial charge in [-0.2, -0.15) is 5.26 Å². The molecule has 3 rings (SSSR count). The van der Waals surface area contributed by atoms with Crippen molar-refractivity contribution in [1.82, 2.24) is 4.57 Å². The molecule has 0 aliphatic rings. The standard InChI is InChI=1S/C17H13N3O3/c1-23-15-5-2-12(3-6-15)10-19-11-13(9-18)16-8-14(20(21)22)4-7-17(16)19/h2-8,11H,10H2,1H3. The van der Waals surface area contributed by atoms with Gasteiger partial charge in [-0.05, 0) is 23.8 Å². The van der Waals surface area contributed by atoms with Crippen LogP contribution < -0.4 is 4.74 Å². The largest absolute Gasteiger partial charge is 0.497 e. The van der Waals surface area contributed by atoms with Gasteiger partial charge in [0, 0.05) is 30.3 Å². The number of nitriles is 1. The number of ether oxygens (including phenoxy) is 1. The Morgan fingerprint density at radius 3 is 2.61 bits per heavy atom. The number of hydrogen-bond acceptors (Lipinski definition) is 4. The summed E-state index contributed by atoms with van der Waals surface area (Å²) in [6.07, 6.45) is 1.72.